The molecule has 0 saturated carbocycles. The Labute approximate surface area is 95.9 Å². The molecule has 0 fully saturated rings. The molecule has 0 radical (unpaired) electrons. The molecule has 0 atom stereocenters. The van der Waals surface area contributed by atoms with Crippen molar-refractivity contribution in [3.63, 3.8) is 0 Å². The lowest BCUT2D eigenvalue weighted by Gasteiger charge is -2.08. The van der Waals surface area contributed by atoms with Gasteiger partial charge >= 0.3 is 6.18 Å². The lowest BCUT2D eigenvalue weighted by molar-refractivity contribution is -0.137. The van der Waals surface area contributed by atoms with Crippen LogP contribution in [-0.4, -0.2) is 4.98 Å². The van der Waals surface area contributed by atoms with E-state index in [4.69, 9.17) is 5.73 Å². The molecular formula is C12H9F3N2. The molecule has 17 heavy (non-hydrogen) atoms. The first-order valence-corrected chi connectivity index (χ1v) is 4.86. The lowest BCUT2D eigenvalue weighted by Crippen LogP contribution is -2.04. The van der Waals surface area contributed by atoms with Gasteiger partial charge in [-0.2, -0.15) is 13.2 Å². The number of rotatable bonds is 1. The first kappa shape index (κ1) is 11.4. The van der Waals surface area contributed by atoms with Crippen LogP contribution in [0.3, 0.4) is 0 Å². The topological polar surface area (TPSA) is 38.9 Å². The number of nitrogens with zero attached hydrogens (tertiary/aromatic N) is 1. The second-order valence-electron chi connectivity index (χ2n) is 3.55. The van der Waals surface area contributed by atoms with Crippen molar-refractivity contribution in [1.29, 1.82) is 0 Å². The number of alkyl halides is 3. The van der Waals surface area contributed by atoms with Crippen LogP contribution in [0.2, 0.25) is 0 Å². The molecule has 0 aliphatic heterocycles. The highest BCUT2D eigenvalue weighted by molar-refractivity contribution is 5.63. The van der Waals surface area contributed by atoms with Gasteiger partial charge in [0.15, 0.2) is 0 Å². The zero-order chi connectivity index (χ0) is 12.5. The average molecular weight is 238 g/mol. The van der Waals surface area contributed by atoms with Gasteiger partial charge in [0.05, 0.1) is 11.3 Å². The predicted molar refractivity (Wildman–Crippen MR) is 59.1 cm³/mol. The minimum atomic E-state index is -4.35. The fraction of sp³-hybridized carbons (Fsp3) is 0.0833. The second-order valence-corrected chi connectivity index (χ2v) is 3.55. The number of aromatic nitrogens is 1. The van der Waals surface area contributed by atoms with Gasteiger partial charge < -0.3 is 5.73 Å². The molecule has 0 aliphatic rings. The molecule has 1 aromatic heterocycles. The molecular weight excluding hydrogens is 229 g/mol. The Bertz CT molecular complexity index is 535. The molecule has 0 bridgehead atoms. The molecule has 88 valence electrons. The number of pyridine rings is 1. The van der Waals surface area contributed by atoms with E-state index in [0.29, 0.717) is 16.9 Å². The van der Waals surface area contributed by atoms with E-state index in [9.17, 15) is 13.2 Å². The molecule has 0 amide bonds. The number of hydrogen-bond acceptors (Lipinski definition) is 2. The van der Waals surface area contributed by atoms with Crippen molar-refractivity contribution in [3.05, 3.63) is 48.2 Å². The maximum atomic E-state index is 12.5. The van der Waals surface area contributed by atoms with E-state index in [1.165, 1.54) is 18.3 Å². The van der Waals surface area contributed by atoms with Crippen molar-refractivity contribution >= 4 is 5.69 Å². The van der Waals surface area contributed by atoms with Gasteiger partial charge in [0.25, 0.3) is 0 Å². The van der Waals surface area contributed by atoms with Crippen LogP contribution in [0.5, 0.6) is 0 Å². The summed E-state index contributed by atoms with van der Waals surface area (Å²) in [4.78, 5) is 3.99. The minimum Gasteiger partial charge on any atom is -0.399 e. The summed E-state index contributed by atoms with van der Waals surface area (Å²) in [5.74, 6) is 0. The Morgan fingerprint density at radius 1 is 1.06 bits per heavy atom. The van der Waals surface area contributed by atoms with Gasteiger partial charge in [0.1, 0.15) is 0 Å². The monoisotopic (exact) mass is 238 g/mol. The van der Waals surface area contributed by atoms with Gasteiger partial charge in [-0.25, -0.2) is 0 Å². The summed E-state index contributed by atoms with van der Waals surface area (Å²) in [6.45, 7) is 0. The van der Waals surface area contributed by atoms with E-state index in [2.05, 4.69) is 4.98 Å². The van der Waals surface area contributed by atoms with Gasteiger partial charge in [-0.15, -0.1) is 0 Å². The third-order valence-electron chi connectivity index (χ3n) is 2.27. The molecule has 2 N–H and O–H groups in total. The van der Waals surface area contributed by atoms with Crippen LogP contribution in [-0.2, 0) is 6.18 Å². The molecule has 5 heteroatoms. The molecule has 0 unspecified atom stereocenters. The summed E-state index contributed by atoms with van der Waals surface area (Å²) in [5, 5.41) is 0. The molecule has 0 spiro atoms. The Morgan fingerprint density at radius 2 is 1.82 bits per heavy atom. The number of nitrogens with two attached hydrogens (primary N) is 1. The number of benzene rings is 1. The highest BCUT2D eigenvalue weighted by Gasteiger charge is 2.30. The molecule has 2 nitrogen and oxygen atoms in total. The second kappa shape index (κ2) is 4.08. The van der Waals surface area contributed by atoms with Gasteiger partial charge in [0, 0.05) is 17.4 Å². The summed E-state index contributed by atoms with van der Waals surface area (Å²) in [7, 11) is 0. The SMILES string of the molecule is Nc1ccnc(-c2cccc(C(F)(F)F)c2)c1. The Balaban J connectivity index is 2.47. The van der Waals surface area contributed by atoms with Crippen LogP contribution in [0, 0.1) is 0 Å². The number of halogens is 3. The smallest absolute Gasteiger partial charge is 0.399 e. The molecule has 1 aromatic carbocycles. The van der Waals surface area contributed by atoms with Gasteiger partial charge in [-0.1, -0.05) is 12.1 Å². The fourth-order valence-corrected chi connectivity index (χ4v) is 1.46. The van der Waals surface area contributed by atoms with Gasteiger partial charge in [0.2, 0.25) is 0 Å². The van der Waals surface area contributed by atoms with Crippen LogP contribution in [0.15, 0.2) is 42.6 Å². The summed E-state index contributed by atoms with van der Waals surface area (Å²) < 4.78 is 37.6. The summed E-state index contributed by atoms with van der Waals surface area (Å²) >= 11 is 0. The summed E-state index contributed by atoms with van der Waals surface area (Å²) in [6.07, 6.45) is -2.89. The molecule has 0 saturated heterocycles. The van der Waals surface area contributed by atoms with Crippen LogP contribution in [0.1, 0.15) is 5.56 Å². The highest BCUT2D eigenvalue weighted by Crippen LogP contribution is 2.31. The largest absolute Gasteiger partial charge is 0.416 e. The van der Waals surface area contributed by atoms with Crippen molar-refractivity contribution < 1.29 is 13.2 Å². The fourth-order valence-electron chi connectivity index (χ4n) is 1.46. The molecule has 0 aliphatic carbocycles. The Kier molecular flexibility index (Phi) is 2.75. The maximum Gasteiger partial charge on any atom is 0.416 e. The number of hydrogen-bond donors (Lipinski definition) is 1. The average Bonchev–Trinajstić information content (AvgIpc) is 2.28. The van der Waals surface area contributed by atoms with Crippen molar-refractivity contribution in [3.8, 4) is 11.3 Å². The summed E-state index contributed by atoms with van der Waals surface area (Å²) in [6, 6.07) is 8.12. The number of anilines is 1. The zero-order valence-corrected chi connectivity index (χ0v) is 8.70. The normalized spacial score (nSPS) is 11.5. The van der Waals surface area contributed by atoms with E-state index >= 15 is 0 Å². The Hall–Kier alpha value is -2.04. The Morgan fingerprint density at radius 3 is 2.47 bits per heavy atom. The standard InChI is InChI=1S/C12H9F3N2/c13-12(14,15)9-3-1-2-8(6-9)11-7-10(16)4-5-17-11/h1-7H,(H2,16,17). The van der Waals surface area contributed by atoms with Crippen LogP contribution < -0.4 is 5.73 Å². The van der Waals surface area contributed by atoms with E-state index in [0.717, 1.165) is 12.1 Å². The molecule has 1 heterocycles. The van der Waals surface area contributed by atoms with E-state index < -0.39 is 11.7 Å². The van der Waals surface area contributed by atoms with Gasteiger partial charge in [-0.3, -0.25) is 4.98 Å². The number of nitrogen functional groups attached to an aromatic ring is 1. The minimum absolute atomic E-state index is 0.395. The lowest BCUT2D eigenvalue weighted by atomic mass is 10.1. The third-order valence-corrected chi connectivity index (χ3v) is 2.27. The highest BCUT2D eigenvalue weighted by atomic mass is 19.4. The van der Waals surface area contributed by atoms with Crippen molar-refractivity contribution in [2.45, 2.75) is 6.18 Å². The quantitative estimate of drug-likeness (QED) is 0.827. The van der Waals surface area contributed by atoms with E-state index in [1.54, 1.807) is 12.1 Å². The molecule has 2 rings (SSSR count). The maximum absolute atomic E-state index is 12.5. The van der Waals surface area contributed by atoms with Crippen molar-refractivity contribution in [2.75, 3.05) is 5.73 Å². The van der Waals surface area contributed by atoms with E-state index in [-0.39, 0.29) is 0 Å². The van der Waals surface area contributed by atoms with E-state index in [1.807, 2.05) is 0 Å². The summed E-state index contributed by atoms with van der Waals surface area (Å²) in [5.41, 5.74) is 6.15. The van der Waals surface area contributed by atoms with Crippen LogP contribution >= 0.6 is 0 Å². The van der Waals surface area contributed by atoms with Crippen molar-refractivity contribution in [1.82, 2.24) is 4.98 Å². The molecule has 2 aromatic rings. The predicted octanol–water partition coefficient (Wildman–Crippen LogP) is 3.35. The first-order valence-electron chi connectivity index (χ1n) is 4.86. The van der Waals surface area contributed by atoms with Crippen molar-refractivity contribution in [2.24, 2.45) is 0 Å². The third kappa shape index (κ3) is 2.55. The zero-order valence-electron chi connectivity index (χ0n) is 8.70. The van der Waals surface area contributed by atoms with Gasteiger partial charge in [-0.05, 0) is 24.3 Å². The first-order chi connectivity index (χ1) is 7.97. The van der Waals surface area contributed by atoms with Crippen LogP contribution in [0.25, 0.3) is 11.3 Å². The van der Waals surface area contributed by atoms with Crippen LogP contribution in [0.4, 0.5) is 18.9 Å².